The minimum absolute atomic E-state index is 0.0330. The Bertz CT molecular complexity index is 764. The van der Waals surface area contributed by atoms with Gasteiger partial charge in [-0.3, -0.25) is 19.6 Å². The van der Waals surface area contributed by atoms with Gasteiger partial charge in [0.2, 0.25) is 0 Å². The first-order chi connectivity index (χ1) is 11.9. The van der Waals surface area contributed by atoms with Gasteiger partial charge in [-0.25, -0.2) is 0 Å². The van der Waals surface area contributed by atoms with E-state index in [4.69, 9.17) is 5.11 Å². The predicted octanol–water partition coefficient (Wildman–Crippen LogP) is 1.96. The van der Waals surface area contributed by atoms with E-state index in [1.165, 1.54) is 0 Å². The highest BCUT2D eigenvalue weighted by molar-refractivity contribution is 5.94. The molecule has 0 aliphatic carbocycles. The lowest BCUT2D eigenvalue weighted by molar-refractivity contribution is -0.386. The first kappa shape index (κ1) is 18.6. The highest BCUT2D eigenvalue weighted by atomic mass is 16.6. The number of nitrogens with zero attached hydrogens (tertiary/aromatic N) is 3. The van der Waals surface area contributed by atoms with Crippen molar-refractivity contribution in [2.75, 3.05) is 6.61 Å². The van der Waals surface area contributed by atoms with E-state index >= 15 is 0 Å². The van der Waals surface area contributed by atoms with Gasteiger partial charge in [0.05, 0.1) is 24.1 Å². The third-order valence-electron chi connectivity index (χ3n) is 4.12. The van der Waals surface area contributed by atoms with Crippen LogP contribution in [0, 0.1) is 24.0 Å². The second-order valence-corrected chi connectivity index (χ2v) is 5.89. The number of rotatable bonds is 7. The first-order valence-corrected chi connectivity index (χ1v) is 8.06. The molecule has 1 unspecified atom stereocenters. The van der Waals surface area contributed by atoms with Crippen molar-refractivity contribution < 1.29 is 14.8 Å². The quantitative estimate of drug-likeness (QED) is 0.588. The largest absolute Gasteiger partial charge is 0.394 e. The zero-order chi connectivity index (χ0) is 18.6. The Balaban J connectivity index is 2.12. The van der Waals surface area contributed by atoms with Crippen LogP contribution in [0.5, 0.6) is 0 Å². The Morgan fingerprint density at radius 3 is 2.48 bits per heavy atom. The summed E-state index contributed by atoms with van der Waals surface area (Å²) >= 11 is 0. The number of benzene rings is 1. The van der Waals surface area contributed by atoms with Crippen molar-refractivity contribution in [3.63, 3.8) is 0 Å². The van der Waals surface area contributed by atoms with Crippen molar-refractivity contribution in [3.05, 3.63) is 56.9 Å². The molecular formula is C17H22N4O4. The zero-order valence-electron chi connectivity index (χ0n) is 14.5. The molecule has 8 heteroatoms. The van der Waals surface area contributed by atoms with Crippen molar-refractivity contribution >= 4 is 11.6 Å². The van der Waals surface area contributed by atoms with E-state index in [1.807, 2.05) is 6.92 Å². The summed E-state index contributed by atoms with van der Waals surface area (Å²) in [5.74, 6) is -0.241. The summed E-state index contributed by atoms with van der Waals surface area (Å²) in [6, 6.07) is 6.69. The molecule has 25 heavy (non-hydrogen) atoms. The van der Waals surface area contributed by atoms with Crippen LogP contribution in [0.3, 0.4) is 0 Å². The van der Waals surface area contributed by atoms with Gasteiger partial charge in [-0.05, 0) is 38.0 Å². The number of aryl methyl sites for hydroxylation is 1. The SMILES string of the molecule is CCC(CO)NC(=O)c1ccc(Cn2nc(C)c([N+](=O)[O-])c2C)cc1. The Morgan fingerprint density at radius 1 is 1.36 bits per heavy atom. The van der Waals surface area contributed by atoms with Gasteiger partial charge in [-0.15, -0.1) is 0 Å². The summed E-state index contributed by atoms with van der Waals surface area (Å²) in [7, 11) is 0. The van der Waals surface area contributed by atoms with Gasteiger partial charge in [-0.2, -0.15) is 5.10 Å². The maximum absolute atomic E-state index is 12.1. The Kier molecular flexibility index (Phi) is 5.87. The molecule has 0 saturated carbocycles. The monoisotopic (exact) mass is 346 g/mol. The summed E-state index contributed by atoms with van der Waals surface area (Å²) < 4.78 is 1.58. The van der Waals surface area contributed by atoms with E-state index in [9.17, 15) is 14.9 Å². The lowest BCUT2D eigenvalue weighted by atomic mass is 10.1. The van der Waals surface area contributed by atoms with Crippen LogP contribution < -0.4 is 5.32 Å². The molecule has 1 aromatic carbocycles. The smallest absolute Gasteiger partial charge is 0.312 e. The third-order valence-corrected chi connectivity index (χ3v) is 4.12. The molecule has 2 rings (SSSR count). The van der Waals surface area contributed by atoms with E-state index < -0.39 is 4.92 Å². The van der Waals surface area contributed by atoms with Crippen LogP contribution in [-0.4, -0.2) is 38.4 Å². The van der Waals surface area contributed by atoms with Crippen molar-refractivity contribution in [2.45, 2.75) is 39.8 Å². The van der Waals surface area contributed by atoms with Gasteiger partial charge >= 0.3 is 5.69 Å². The average Bonchev–Trinajstić information content (AvgIpc) is 2.86. The number of nitrogens with one attached hydrogen (secondary N) is 1. The maximum Gasteiger partial charge on any atom is 0.312 e. The van der Waals surface area contributed by atoms with Crippen LogP contribution >= 0.6 is 0 Å². The van der Waals surface area contributed by atoms with Gasteiger partial charge < -0.3 is 10.4 Å². The highest BCUT2D eigenvalue weighted by Gasteiger charge is 2.21. The van der Waals surface area contributed by atoms with E-state index in [1.54, 1.807) is 42.8 Å². The van der Waals surface area contributed by atoms with Gasteiger partial charge in [0.1, 0.15) is 11.4 Å². The Hall–Kier alpha value is -2.74. The zero-order valence-corrected chi connectivity index (χ0v) is 14.5. The van der Waals surface area contributed by atoms with Crippen LogP contribution in [0.15, 0.2) is 24.3 Å². The highest BCUT2D eigenvalue weighted by Crippen LogP contribution is 2.22. The maximum atomic E-state index is 12.1. The van der Waals surface area contributed by atoms with E-state index in [2.05, 4.69) is 10.4 Å². The second-order valence-electron chi connectivity index (χ2n) is 5.89. The molecule has 1 amide bonds. The molecule has 2 aromatic rings. The minimum atomic E-state index is -0.424. The fourth-order valence-electron chi connectivity index (χ4n) is 2.59. The summed E-state index contributed by atoms with van der Waals surface area (Å²) in [6.07, 6.45) is 0.650. The standard InChI is InChI=1S/C17H22N4O4/c1-4-15(10-22)18-17(23)14-7-5-13(6-8-14)9-20-12(3)16(21(24)25)11(2)19-20/h5-8,15,22H,4,9-10H2,1-3H3,(H,18,23). The number of hydrogen-bond acceptors (Lipinski definition) is 5. The van der Waals surface area contributed by atoms with Gasteiger partial charge in [-0.1, -0.05) is 19.1 Å². The first-order valence-electron chi connectivity index (χ1n) is 8.06. The molecule has 0 bridgehead atoms. The number of amides is 1. The molecule has 1 aromatic heterocycles. The van der Waals surface area contributed by atoms with Crippen molar-refractivity contribution in [2.24, 2.45) is 0 Å². The molecule has 0 aliphatic rings. The number of carbonyl (C=O) groups excluding carboxylic acids is 1. The number of nitro groups is 1. The fraction of sp³-hybridized carbons (Fsp3) is 0.412. The van der Waals surface area contributed by atoms with E-state index in [0.717, 1.165) is 5.56 Å². The second kappa shape index (κ2) is 7.89. The average molecular weight is 346 g/mol. The summed E-state index contributed by atoms with van der Waals surface area (Å²) in [5, 5.41) is 27.2. The molecule has 1 atom stereocenters. The third kappa shape index (κ3) is 4.21. The summed E-state index contributed by atoms with van der Waals surface area (Å²) in [5.41, 5.74) is 2.29. The Morgan fingerprint density at radius 2 is 2.00 bits per heavy atom. The number of aromatic nitrogens is 2. The normalized spacial score (nSPS) is 12.0. The van der Waals surface area contributed by atoms with Crippen LogP contribution in [-0.2, 0) is 6.54 Å². The number of aliphatic hydroxyl groups excluding tert-OH is 1. The molecule has 2 N–H and O–H groups in total. The van der Waals surface area contributed by atoms with E-state index in [-0.39, 0.29) is 24.2 Å². The molecule has 0 saturated heterocycles. The summed E-state index contributed by atoms with van der Waals surface area (Å²) in [6.45, 7) is 5.45. The molecule has 1 heterocycles. The molecule has 8 nitrogen and oxygen atoms in total. The number of hydrogen-bond donors (Lipinski definition) is 2. The van der Waals surface area contributed by atoms with Gasteiger partial charge in [0.25, 0.3) is 5.91 Å². The topological polar surface area (TPSA) is 110 Å². The lowest BCUT2D eigenvalue weighted by Gasteiger charge is -2.14. The van der Waals surface area contributed by atoms with Crippen LogP contribution in [0.25, 0.3) is 0 Å². The summed E-state index contributed by atoms with van der Waals surface area (Å²) in [4.78, 5) is 22.7. The predicted molar refractivity (Wildman–Crippen MR) is 92.5 cm³/mol. The van der Waals surface area contributed by atoms with Crippen molar-refractivity contribution in [3.8, 4) is 0 Å². The molecule has 0 spiro atoms. The number of aliphatic hydroxyl groups is 1. The number of carbonyl (C=O) groups is 1. The molecule has 0 fully saturated rings. The molecule has 134 valence electrons. The van der Waals surface area contributed by atoms with Crippen LogP contribution in [0.1, 0.15) is 40.7 Å². The van der Waals surface area contributed by atoms with Crippen molar-refractivity contribution in [1.82, 2.24) is 15.1 Å². The van der Waals surface area contributed by atoms with Crippen LogP contribution in [0.2, 0.25) is 0 Å². The van der Waals surface area contributed by atoms with Crippen LogP contribution in [0.4, 0.5) is 5.69 Å². The minimum Gasteiger partial charge on any atom is -0.394 e. The fourth-order valence-corrected chi connectivity index (χ4v) is 2.59. The van der Waals surface area contributed by atoms with Gasteiger partial charge in [0, 0.05) is 5.56 Å². The van der Waals surface area contributed by atoms with Crippen molar-refractivity contribution in [1.29, 1.82) is 0 Å². The molecule has 0 radical (unpaired) electrons. The van der Waals surface area contributed by atoms with E-state index in [0.29, 0.717) is 29.9 Å². The molecule has 0 aliphatic heterocycles. The van der Waals surface area contributed by atoms with Gasteiger partial charge in [0.15, 0.2) is 0 Å². The Labute approximate surface area is 145 Å². The molecular weight excluding hydrogens is 324 g/mol. The lowest BCUT2D eigenvalue weighted by Crippen LogP contribution is -2.36.